The predicted molar refractivity (Wildman–Crippen MR) is 103 cm³/mol. The summed E-state index contributed by atoms with van der Waals surface area (Å²) >= 11 is 0. The molecule has 1 fully saturated rings. The van der Waals surface area contributed by atoms with E-state index in [0.29, 0.717) is 6.54 Å². The van der Waals surface area contributed by atoms with Crippen LogP contribution in [0.25, 0.3) is 10.9 Å². The molecular formula is C20H21N3O2S. The number of benzene rings is 2. The van der Waals surface area contributed by atoms with Crippen LogP contribution >= 0.6 is 0 Å². The van der Waals surface area contributed by atoms with Crippen LogP contribution in [0, 0.1) is 0 Å². The fraction of sp³-hybridized carbons (Fsp3) is 0.250. The van der Waals surface area contributed by atoms with E-state index in [1.165, 1.54) is 0 Å². The molecule has 2 atom stereocenters. The zero-order valence-electron chi connectivity index (χ0n) is 14.3. The number of fused-ring (bicyclic) bond motifs is 1. The molecule has 1 aromatic heterocycles. The minimum Gasteiger partial charge on any atom is -0.314 e. The summed E-state index contributed by atoms with van der Waals surface area (Å²) < 4.78 is 28.5. The Balaban J connectivity index is 1.55. The van der Waals surface area contributed by atoms with Gasteiger partial charge >= 0.3 is 0 Å². The first-order valence-electron chi connectivity index (χ1n) is 8.71. The molecular weight excluding hydrogens is 346 g/mol. The molecule has 6 heteroatoms. The van der Waals surface area contributed by atoms with Crippen molar-refractivity contribution < 1.29 is 8.42 Å². The third-order valence-corrected chi connectivity index (χ3v) is 6.19. The zero-order valence-corrected chi connectivity index (χ0v) is 15.1. The highest BCUT2D eigenvalue weighted by Gasteiger charge is 2.31. The average molecular weight is 367 g/mol. The van der Waals surface area contributed by atoms with Gasteiger partial charge in [-0.05, 0) is 17.2 Å². The van der Waals surface area contributed by atoms with E-state index in [-0.39, 0.29) is 17.7 Å². The number of nitrogens with zero attached hydrogens (tertiary/aromatic N) is 1. The molecule has 0 aliphatic carbocycles. The molecule has 3 aromatic rings. The van der Waals surface area contributed by atoms with E-state index < -0.39 is 10.0 Å². The fourth-order valence-electron chi connectivity index (χ4n) is 3.61. The molecule has 0 saturated carbocycles. The highest BCUT2D eigenvalue weighted by Crippen LogP contribution is 2.24. The Bertz CT molecular complexity index is 1000. The molecule has 1 aliphatic heterocycles. The van der Waals surface area contributed by atoms with Crippen LogP contribution < -0.4 is 10.0 Å². The molecule has 1 aliphatic rings. The number of para-hydroxylation sites is 1. The monoisotopic (exact) mass is 367 g/mol. The van der Waals surface area contributed by atoms with Gasteiger partial charge in [0.1, 0.15) is 0 Å². The van der Waals surface area contributed by atoms with Crippen LogP contribution in [-0.2, 0) is 15.8 Å². The summed E-state index contributed by atoms with van der Waals surface area (Å²) in [4.78, 5) is 4.36. The van der Waals surface area contributed by atoms with Gasteiger partial charge in [0.25, 0.3) is 0 Å². The summed E-state index contributed by atoms with van der Waals surface area (Å²) in [7, 11) is -3.48. The Kier molecular flexibility index (Phi) is 4.72. The van der Waals surface area contributed by atoms with Crippen molar-refractivity contribution in [3.8, 4) is 0 Å². The third-order valence-electron chi connectivity index (χ3n) is 4.83. The maximum absolute atomic E-state index is 12.8. The minimum absolute atomic E-state index is 0.0701. The van der Waals surface area contributed by atoms with Crippen LogP contribution in [0.3, 0.4) is 0 Å². The molecule has 1 saturated heterocycles. The number of pyridine rings is 1. The van der Waals surface area contributed by atoms with Gasteiger partial charge in [0.05, 0.1) is 11.3 Å². The number of aromatic nitrogens is 1. The van der Waals surface area contributed by atoms with Crippen LogP contribution in [0.15, 0.2) is 66.9 Å². The summed E-state index contributed by atoms with van der Waals surface area (Å²) in [5.41, 5.74) is 2.61. The molecule has 134 valence electrons. The molecule has 0 spiro atoms. The third kappa shape index (κ3) is 3.62. The van der Waals surface area contributed by atoms with E-state index in [4.69, 9.17) is 0 Å². The highest BCUT2D eigenvalue weighted by atomic mass is 32.2. The maximum atomic E-state index is 12.8. The normalized spacial score (nSPS) is 20.5. The number of nitrogens with one attached hydrogen (secondary N) is 2. The van der Waals surface area contributed by atoms with E-state index >= 15 is 0 Å². The van der Waals surface area contributed by atoms with Gasteiger partial charge in [0, 0.05) is 36.6 Å². The van der Waals surface area contributed by atoms with E-state index in [9.17, 15) is 8.42 Å². The summed E-state index contributed by atoms with van der Waals surface area (Å²) in [5.74, 6) is 0.0657. The number of hydrogen-bond donors (Lipinski definition) is 2. The molecule has 0 bridgehead atoms. The largest absolute Gasteiger partial charge is 0.314 e. The topological polar surface area (TPSA) is 71.1 Å². The summed E-state index contributed by atoms with van der Waals surface area (Å²) in [5, 5.41) is 4.25. The van der Waals surface area contributed by atoms with Gasteiger partial charge in [-0.2, -0.15) is 0 Å². The van der Waals surface area contributed by atoms with E-state index in [1.807, 2.05) is 60.7 Å². The molecule has 0 unspecified atom stereocenters. The van der Waals surface area contributed by atoms with Crippen molar-refractivity contribution in [2.75, 3.05) is 13.1 Å². The predicted octanol–water partition coefficient (Wildman–Crippen LogP) is 2.41. The van der Waals surface area contributed by atoms with Crippen LogP contribution in [0.5, 0.6) is 0 Å². The first kappa shape index (κ1) is 17.1. The quantitative estimate of drug-likeness (QED) is 0.726. The van der Waals surface area contributed by atoms with Gasteiger partial charge in [-0.3, -0.25) is 4.98 Å². The van der Waals surface area contributed by atoms with Crippen molar-refractivity contribution in [3.63, 3.8) is 0 Å². The Morgan fingerprint density at radius 3 is 2.65 bits per heavy atom. The van der Waals surface area contributed by atoms with Crippen molar-refractivity contribution in [1.82, 2.24) is 15.0 Å². The van der Waals surface area contributed by atoms with E-state index in [0.717, 1.165) is 28.6 Å². The zero-order chi connectivity index (χ0) is 18.0. The first-order valence-corrected chi connectivity index (χ1v) is 10.4. The number of sulfonamides is 1. The number of hydrogen-bond acceptors (Lipinski definition) is 4. The molecule has 26 heavy (non-hydrogen) atoms. The molecule has 0 amide bonds. The van der Waals surface area contributed by atoms with Gasteiger partial charge in [0.15, 0.2) is 0 Å². The number of rotatable bonds is 5. The van der Waals surface area contributed by atoms with Crippen molar-refractivity contribution in [3.05, 3.63) is 78.0 Å². The minimum atomic E-state index is -3.48. The molecule has 5 nitrogen and oxygen atoms in total. The first-order chi connectivity index (χ1) is 12.6. The SMILES string of the molecule is O=S(=O)(Cc1cccc2cccnc12)N[C@@H]1CNC[C@H]1c1ccccc1. The van der Waals surface area contributed by atoms with E-state index in [2.05, 4.69) is 15.0 Å². The van der Waals surface area contributed by atoms with Gasteiger partial charge in [-0.15, -0.1) is 0 Å². The molecule has 0 radical (unpaired) electrons. The Morgan fingerprint density at radius 1 is 1.00 bits per heavy atom. The standard InChI is InChI=1S/C20H21N3O2S/c24-26(25,14-17-9-4-8-16-10-5-11-22-20(16)17)23-19-13-21-12-18(19)15-6-2-1-3-7-15/h1-11,18-19,21,23H,12-14H2/t18-,19+/m0/s1. The van der Waals surface area contributed by atoms with Gasteiger partial charge in [-0.25, -0.2) is 13.1 Å². The summed E-state index contributed by atoms with van der Waals surface area (Å²) in [6.07, 6.45) is 1.69. The average Bonchev–Trinajstić information content (AvgIpc) is 3.10. The van der Waals surface area contributed by atoms with E-state index in [1.54, 1.807) is 6.20 Å². The van der Waals surface area contributed by atoms with Crippen LogP contribution in [-0.4, -0.2) is 32.5 Å². The summed E-state index contributed by atoms with van der Waals surface area (Å²) in [6.45, 7) is 1.40. The second kappa shape index (κ2) is 7.15. The van der Waals surface area contributed by atoms with Crippen LogP contribution in [0.2, 0.25) is 0 Å². The van der Waals surface area contributed by atoms with Gasteiger partial charge in [-0.1, -0.05) is 54.6 Å². The van der Waals surface area contributed by atoms with Gasteiger partial charge in [0.2, 0.25) is 10.0 Å². The lowest BCUT2D eigenvalue weighted by atomic mass is 9.95. The highest BCUT2D eigenvalue weighted by molar-refractivity contribution is 7.88. The smallest absolute Gasteiger partial charge is 0.216 e. The second-order valence-corrected chi connectivity index (χ2v) is 8.40. The summed E-state index contributed by atoms with van der Waals surface area (Å²) in [6, 6.07) is 19.3. The molecule has 2 heterocycles. The molecule has 4 rings (SSSR count). The van der Waals surface area contributed by atoms with Gasteiger partial charge < -0.3 is 5.32 Å². The van der Waals surface area contributed by atoms with Crippen LogP contribution in [0.1, 0.15) is 17.0 Å². The maximum Gasteiger partial charge on any atom is 0.216 e. The van der Waals surface area contributed by atoms with Crippen molar-refractivity contribution in [2.24, 2.45) is 0 Å². The molecule has 2 N–H and O–H groups in total. The van der Waals surface area contributed by atoms with Crippen molar-refractivity contribution in [1.29, 1.82) is 0 Å². The lowest BCUT2D eigenvalue weighted by molar-refractivity contribution is 0.541. The Hall–Kier alpha value is -2.28. The molecule has 2 aromatic carbocycles. The Morgan fingerprint density at radius 2 is 1.81 bits per heavy atom. The lowest BCUT2D eigenvalue weighted by Gasteiger charge is -2.20. The van der Waals surface area contributed by atoms with Crippen LogP contribution in [0.4, 0.5) is 0 Å². The second-order valence-electron chi connectivity index (χ2n) is 6.65. The Labute approximate surface area is 153 Å². The fourth-order valence-corrected chi connectivity index (χ4v) is 5.05. The van der Waals surface area contributed by atoms with Crippen molar-refractivity contribution in [2.45, 2.75) is 17.7 Å². The van der Waals surface area contributed by atoms with Crippen molar-refractivity contribution >= 4 is 20.9 Å². The lowest BCUT2D eigenvalue weighted by Crippen LogP contribution is -2.40.